The van der Waals surface area contributed by atoms with Gasteiger partial charge in [0.2, 0.25) is 11.8 Å². The zero-order valence-corrected chi connectivity index (χ0v) is 22.4. The second-order valence-electron chi connectivity index (χ2n) is 9.38. The SMILES string of the molecule is CCOCCNC(=O)[C@H](CCC(=O)O)NC(=O)CCCCCCCCCCCCCCCCC(=O)O. The summed E-state index contributed by atoms with van der Waals surface area (Å²) in [6, 6.07) is -0.841. The first-order valence-electron chi connectivity index (χ1n) is 13.9. The third kappa shape index (κ3) is 23.6. The van der Waals surface area contributed by atoms with E-state index in [1.165, 1.54) is 44.9 Å². The molecule has 0 unspecified atom stereocenters. The molecule has 0 aromatic rings. The number of hydrogen-bond donors (Lipinski definition) is 4. The van der Waals surface area contributed by atoms with Crippen molar-refractivity contribution >= 4 is 23.8 Å². The van der Waals surface area contributed by atoms with Crippen molar-refractivity contribution in [2.75, 3.05) is 19.8 Å². The number of amides is 2. The molecule has 0 bridgehead atoms. The van der Waals surface area contributed by atoms with Gasteiger partial charge in [-0.3, -0.25) is 19.2 Å². The minimum absolute atomic E-state index is 0.0638. The Balaban J connectivity index is 3.73. The number of carbonyl (C=O) groups is 4. The molecule has 0 aromatic carbocycles. The van der Waals surface area contributed by atoms with Crippen molar-refractivity contribution in [1.29, 1.82) is 0 Å². The molecule has 0 saturated heterocycles. The Morgan fingerprint density at radius 3 is 1.56 bits per heavy atom. The highest BCUT2D eigenvalue weighted by molar-refractivity contribution is 5.88. The molecular formula is C27H50N2O7. The maximum absolute atomic E-state index is 12.3. The van der Waals surface area contributed by atoms with E-state index < -0.39 is 18.0 Å². The van der Waals surface area contributed by atoms with Crippen LogP contribution in [-0.4, -0.2) is 59.8 Å². The molecule has 0 spiro atoms. The third-order valence-corrected chi connectivity index (χ3v) is 6.09. The van der Waals surface area contributed by atoms with E-state index in [4.69, 9.17) is 14.9 Å². The maximum Gasteiger partial charge on any atom is 0.303 e. The zero-order valence-electron chi connectivity index (χ0n) is 22.4. The lowest BCUT2D eigenvalue weighted by Crippen LogP contribution is -2.47. The van der Waals surface area contributed by atoms with Gasteiger partial charge in [-0.05, 0) is 26.2 Å². The van der Waals surface area contributed by atoms with Crippen molar-refractivity contribution in [2.24, 2.45) is 0 Å². The Hall–Kier alpha value is -2.16. The number of carboxylic acid groups (broad SMARTS) is 2. The van der Waals surface area contributed by atoms with Gasteiger partial charge in [0.1, 0.15) is 6.04 Å². The zero-order chi connectivity index (χ0) is 26.9. The minimum atomic E-state index is -0.999. The second kappa shape index (κ2) is 24.5. The maximum atomic E-state index is 12.3. The van der Waals surface area contributed by atoms with Crippen LogP contribution in [0.25, 0.3) is 0 Å². The molecule has 36 heavy (non-hydrogen) atoms. The molecule has 4 N–H and O–H groups in total. The molecule has 0 radical (unpaired) electrons. The summed E-state index contributed by atoms with van der Waals surface area (Å²) in [6.07, 6.45) is 16.1. The lowest BCUT2D eigenvalue weighted by molar-refractivity contribution is -0.138. The predicted molar refractivity (Wildman–Crippen MR) is 140 cm³/mol. The highest BCUT2D eigenvalue weighted by Crippen LogP contribution is 2.14. The third-order valence-electron chi connectivity index (χ3n) is 6.09. The lowest BCUT2D eigenvalue weighted by atomic mass is 10.0. The number of unbranched alkanes of at least 4 members (excludes halogenated alkanes) is 13. The smallest absolute Gasteiger partial charge is 0.303 e. The summed E-state index contributed by atoms with van der Waals surface area (Å²) < 4.78 is 5.18. The van der Waals surface area contributed by atoms with Crippen molar-refractivity contribution in [2.45, 2.75) is 129 Å². The standard InChI is InChI=1S/C27H50N2O7/c1-2-36-22-21-28-27(35)23(19-20-26(33)34)29-24(30)17-15-13-11-9-7-5-3-4-6-8-10-12-14-16-18-25(31)32/h23H,2-22H2,1H3,(H,28,35)(H,29,30)(H,31,32)(H,33,34)/t23-/m0/s1. The average molecular weight is 515 g/mol. The van der Waals surface area contributed by atoms with Crippen LogP contribution in [0.4, 0.5) is 0 Å². The molecule has 210 valence electrons. The number of hydrogen-bond acceptors (Lipinski definition) is 5. The molecule has 0 aliphatic heterocycles. The average Bonchev–Trinajstić information content (AvgIpc) is 2.83. The van der Waals surface area contributed by atoms with Crippen LogP contribution in [0.15, 0.2) is 0 Å². The molecule has 0 fully saturated rings. The Morgan fingerprint density at radius 1 is 0.667 bits per heavy atom. The molecule has 1 atom stereocenters. The van der Waals surface area contributed by atoms with Gasteiger partial charge in [0.05, 0.1) is 6.61 Å². The Morgan fingerprint density at radius 2 is 1.11 bits per heavy atom. The molecular weight excluding hydrogens is 464 g/mol. The molecule has 0 aliphatic rings. The van der Waals surface area contributed by atoms with Gasteiger partial charge < -0.3 is 25.6 Å². The van der Waals surface area contributed by atoms with E-state index in [0.29, 0.717) is 26.2 Å². The van der Waals surface area contributed by atoms with Crippen LogP contribution in [0.3, 0.4) is 0 Å². The van der Waals surface area contributed by atoms with Crippen molar-refractivity contribution < 1.29 is 34.1 Å². The van der Waals surface area contributed by atoms with Crippen LogP contribution >= 0.6 is 0 Å². The molecule has 0 aromatic heterocycles. The van der Waals surface area contributed by atoms with Gasteiger partial charge in [-0.15, -0.1) is 0 Å². The minimum Gasteiger partial charge on any atom is -0.481 e. The van der Waals surface area contributed by atoms with Gasteiger partial charge in [0.25, 0.3) is 0 Å². The number of rotatable bonds is 26. The summed E-state index contributed by atoms with van der Waals surface area (Å²) in [5, 5.41) is 22.9. The van der Waals surface area contributed by atoms with E-state index in [0.717, 1.165) is 44.9 Å². The highest BCUT2D eigenvalue weighted by Gasteiger charge is 2.21. The lowest BCUT2D eigenvalue weighted by Gasteiger charge is -2.18. The molecule has 9 heteroatoms. The summed E-state index contributed by atoms with van der Waals surface area (Å²) in [5.41, 5.74) is 0. The van der Waals surface area contributed by atoms with Gasteiger partial charge in [0.15, 0.2) is 0 Å². The van der Waals surface area contributed by atoms with Gasteiger partial charge in [-0.1, -0.05) is 77.0 Å². The van der Waals surface area contributed by atoms with Crippen LogP contribution in [0.2, 0.25) is 0 Å². The molecule has 0 saturated carbocycles. The normalized spacial score (nSPS) is 11.7. The number of carboxylic acids is 2. The van der Waals surface area contributed by atoms with Crippen LogP contribution in [0.5, 0.6) is 0 Å². The molecule has 0 heterocycles. The quantitative estimate of drug-likeness (QED) is 0.121. The van der Waals surface area contributed by atoms with Gasteiger partial charge in [0, 0.05) is 32.4 Å². The molecule has 9 nitrogen and oxygen atoms in total. The molecule has 0 rings (SSSR count). The largest absolute Gasteiger partial charge is 0.481 e. The summed E-state index contributed by atoms with van der Waals surface area (Å²) in [5.74, 6) is -2.29. The summed E-state index contributed by atoms with van der Waals surface area (Å²) >= 11 is 0. The monoisotopic (exact) mass is 514 g/mol. The Bertz CT molecular complexity index is 599. The van der Waals surface area contributed by atoms with Gasteiger partial charge in [-0.2, -0.15) is 0 Å². The van der Waals surface area contributed by atoms with Crippen LogP contribution in [0, 0.1) is 0 Å². The molecule has 0 aliphatic carbocycles. The van der Waals surface area contributed by atoms with E-state index in [1.54, 1.807) is 0 Å². The van der Waals surface area contributed by atoms with E-state index in [-0.39, 0.29) is 31.1 Å². The van der Waals surface area contributed by atoms with E-state index in [2.05, 4.69) is 10.6 Å². The van der Waals surface area contributed by atoms with Crippen LogP contribution in [0.1, 0.15) is 122 Å². The van der Waals surface area contributed by atoms with Crippen molar-refractivity contribution in [3.63, 3.8) is 0 Å². The first-order chi connectivity index (χ1) is 17.4. The number of aliphatic carboxylic acids is 2. The Labute approximate surface area is 217 Å². The summed E-state index contributed by atoms with van der Waals surface area (Å²) in [7, 11) is 0. The Kier molecular flexibility index (Phi) is 23.1. The van der Waals surface area contributed by atoms with Gasteiger partial charge >= 0.3 is 11.9 Å². The number of nitrogens with one attached hydrogen (secondary N) is 2. The number of ether oxygens (including phenoxy) is 1. The van der Waals surface area contributed by atoms with Crippen molar-refractivity contribution in [1.82, 2.24) is 10.6 Å². The van der Waals surface area contributed by atoms with E-state index >= 15 is 0 Å². The first-order valence-corrected chi connectivity index (χ1v) is 13.9. The van der Waals surface area contributed by atoms with Crippen LogP contribution < -0.4 is 10.6 Å². The highest BCUT2D eigenvalue weighted by atomic mass is 16.5. The topological polar surface area (TPSA) is 142 Å². The van der Waals surface area contributed by atoms with Crippen molar-refractivity contribution in [3.05, 3.63) is 0 Å². The predicted octanol–water partition coefficient (Wildman–Crippen LogP) is 4.81. The fourth-order valence-corrected chi connectivity index (χ4v) is 4.00. The van der Waals surface area contributed by atoms with Crippen LogP contribution in [-0.2, 0) is 23.9 Å². The second-order valence-corrected chi connectivity index (χ2v) is 9.38. The van der Waals surface area contributed by atoms with Gasteiger partial charge in [-0.25, -0.2) is 0 Å². The van der Waals surface area contributed by atoms with Crippen molar-refractivity contribution in [3.8, 4) is 0 Å². The fourth-order valence-electron chi connectivity index (χ4n) is 4.00. The van der Waals surface area contributed by atoms with E-state index in [9.17, 15) is 19.2 Å². The summed E-state index contributed by atoms with van der Waals surface area (Å²) in [4.78, 5) is 45.9. The summed E-state index contributed by atoms with van der Waals surface area (Å²) in [6.45, 7) is 3.11. The van der Waals surface area contributed by atoms with E-state index in [1.807, 2.05) is 6.92 Å². The number of carbonyl (C=O) groups excluding carboxylic acids is 2. The molecule has 2 amide bonds. The fraction of sp³-hybridized carbons (Fsp3) is 0.852. The first kappa shape index (κ1) is 33.8.